The quantitative estimate of drug-likeness (QED) is 0.831. The number of hydrogen-bond donors (Lipinski definition) is 0. The monoisotopic (exact) mass is 289 g/mol. The Hall–Kier alpha value is -2.31. The van der Waals surface area contributed by atoms with E-state index >= 15 is 0 Å². The number of rotatable bonds is 2. The van der Waals surface area contributed by atoms with E-state index in [1.54, 1.807) is 11.7 Å². The minimum Gasteiger partial charge on any atom is -0.297 e. The Morgan fingerprint density at radius 1 is 1.52 bits per heavy atom. The van der Waals surface area contributed by atoms with Crippen LogP contribution in [0.25, 0.3) is 0 Å². The van der Waals surface area contributed by atoms with Crippen LogP contribution in [0.1, 0.15) is 17.8 Å². The van der Waals surface area contributed by atoms with Crippen LogP contribution in [-0.4, -0.2) is 32.9 Å². The fraction of sp³-hybridized carbons (Fsp3) is 0.429. The number of aryl methyl sites for hydroxylation is 2. The molecule has 0 aliphatic heterocycles. The number of pyridine rings is 1. The SMILES string of the molecule is CN(C(=O)C1CCc2nnn(C)c2C1)c1ncccc1F. The van der Waals surface area contributed by atoms with Crippen LogP contribution in [0.4, 0.5) is 10.2 Å². The molecule has 6 nitrogen and oxygen atoms in total. The Labute approximate surface area is 121 Å². The second kappa shape index (κ2) is 5.23. The van der Waals surface area contributed by atoms with Crippen molar-refractivity contribution in [2.24, 2.45) is 13.0 Å². The first-order valence-corrected chi connectivity index (χ1v) is 6.83. The van der Waals surface area contributed by atoms with Crippen LogP contribution in [0.3, 0.4) is 0 Å². The average molecular weight is 289 g/mol. The van der Waals surface area contributed by atoms with E-state index in [4.69, 9.17) is 0 Å². The van der Waals surface area contributed by atoms with Gasteiger partial charge in [0.2, 0.25) is 5.91 Å². The van der Waals surface area contributed by atoms with Gasteiger partial charge in [0.05, 0.1) is 11.4 Å². The van der Waals surface area contributed by atoms with E-state index in [1.165, 1.54) is 23.2 Å². The van der Waals surface area contributed by atoms with Gasteiger partial charge in [0.15, 0.2) is 11.6 Å². The molecule has 3 rings (SSSR count). The summed E-state index contributed by atoms with van der Waals surface area (Å²) in [5.74, 6) is -0.746. The molecule has 0 N–H and O–H groups in total. The Kier molecular flexibility index (Phi) is 3.40. The second-order valence-corrected chi connectivity index (χ2v) is 5.25. The summed E-state index contributed by atoms with van der Waals surface area (Å²) in [7, 11) is 3.38. The Balaban J connectivity index is 1.81. The van der Waals surface area contributed by atoms with Crippen molar-refractivity contribution < 1.29 is 9.18 Å². The number of carbonyl (C=O) groups excluding carboxylic acids is 1. The van der Waals surface area contributed by atoms with Gasteiger partial charge in [-0.05, 0) is 25.0 Å². The Morgan fingerprint density at radius 2 is 2.33 bits per heavy atom. The summed E-state index contributed by atoms with van der Waals surface area (Å²) in [6.07, 6.45) is 3.48. The largest absolute Gasteiger partial charge is 0.297 e. The zero-order valence-corrected chi connectivity index (χ0v) is 12.0. The minimum absolute atomic E-state index is 0.0661. The van der Waals surface area contributed by atoms with Crippen LogP contribution in [0.15, 0.2) is 18.3 Å². The zero-order valence-electron chi connectivity index (χ0n) is 12.0. The second-order valence-electron chi connectivity index (χ2n) is 5.25. The minimum atomic E-state index is -0.493. The summed E-state index contributed by atoms with van der Waals surface area (Å²) in [6.45, 7) is 0. The van der Waals surface area contributed by atoms with Crippen molar-refractivity contribution in [1.29, 1.82) is 0 Å². The number of fused-ring (bicyclic) bond motifs is 1. The standard InChI is InChI=1S/C14H16FN5O/c1-19(13-10(15)4-3-7-16-13)14(21)9-5-6-11-12(8-9)20(2)18-17-11/h3-4,7,9H,5-6,8H2,1-2H3. The third-order valence-electron chi connectivity index (χ3n) is 3.93. The number of halogens is 1. The van der Waals surface area contributed by atoms with Gasteiger partial charge in [-0.25, -0.2) is 9.37 Å². The van der Waals surface area contributed by atoms with Gasteiger partial charge in [-0.15, -0.1) is 5.10 Å². The molecule has 1 atom stereocenters. The van der Waals surface area contributed by atoms with Crippen LogP contribution in [0.5, 0.6) is 0 Å². The van der Waals surface area contributed by atoms with Crippen molar-refractivity contribution in [3.8, 4) is 0 Å². The van der Waals surface area contributed by atoms with E-state index in [0.717, 1.165) is 17.8 Å². The van der Waals surface area contributed by atoms with E-state index in [1.807, 2.05) is 7.05 Å². The van der Waals surface area contributed by atoms with Crippen molar-refractivity contribution in [1.82, 2.24) is 20.0 Å². The lowest BCUT2D eigenvalue weighted by atomic mass is 9.88. The van der Waals surface area contributed by atoms with Gasteiger partial charge >= 0.3 is 0 Å². The number of hydrogen-bond acceptors (Lipinski definition) is 4. The highest BCUT2D eigenvalue weighted by atomic mass is 19.1. The summed E-state index contributed by atoms with van der Waals surface area (Å²) in [6, 6.07) is 2.81. The summed E-state index contributed by atoms with van der Waals surface area (Å²) in [4.78, 5) is 17.8. The Morgan fingerprint density at radius 3 is 3.10 bits per heavy atom. The van der Waals surface area contributed by atoms with E-state index in [9.17, 15) is 9.18 Å². The lowest BCUT2D eigenvalue weighted by molar-refractivity contribution is -0.122. The van der Waals surface area contributed by atoms with E-state index in [-0.39, 0.29) is 17.6 Å². The molecule has 7 heteroatoms. The first-order valence-electron chi connectivity index (χ1n) is 6.83. The van der Waals surface area contributed by atoms with Gasteiger partial charge in [-0.1, -0.05) is 5.21 Å². The van der Waals surface area contributed by atoms with Gasteiger partial charge in [0.1, 0.15) is 0 Å². The molecule has 2 aromatic rings. The molecule has 2 heterocycles. The average Bonchev–Trinajstić information content (AvgIpc) is 2.87. The first-order chi connectivity index (χ1) is 10.1. The maximum Gasteiger partial charge on any atom is 0.231 e. The highest BCUT2D eigenvalue weighted by molar-refractivity contribution is 5.94. The third-order valence-corrected chi connectivity index (χ3v) is 3.93. The maximum absolute atomic E-state index is 13.7. The van der Waals surface area contributed by atoms with Crippen LogP contribution in [-0.2, 0) is 24.7 Å². The summed E-state index contributed by atoms with van der Waals surface area (Å²) >= 11 is 0. The van der Waals surface area contributed by atoms with Gasteiger partial charge in [0.25, 0.3) is 0 Å². The highest BCUT2D eigenvalue weighted by Crippen LogP contribution is 2.26. The summed E-state index contributed by atoms with van der Waals surface area (Å²) < 4.78 is 15.4. The molecular weight excluding hydrogens is 273 g/mol. The number of carbonyl (C=O) groups is 1. The van der Waals surface area contributed by atoms with Crippen molar-refractivity contribution in [2.75, 3.05) is 11.9 Å². The van der Waals surface area contributed by atoms with Crippen molar-refractivity contribution in [2.45, 2.75) is 19.3 Å². The number of nitrogens with zero attached hydrogens (tertiary/aromatic N) is 5. The normalized spacial score (nSPS) is 17.4. The first kappa shape index (κ1) is 13.7. The van der Waals surface area contributed by atoms with Crippen LogP contribution in [0.2, 0.25) is 0 Å². The molecule has 0 spiro atoms. The van der Waals surface area contributed by atoms with Gasteiger partial charge in [0, 0.05) is 32.6 Å². The molecule has 21 heavy (non-hydrogen) atoms. The summed E-state index contributed by atoms with van der Waals surface area (Å²) in [5, 5.41) is 8.06. The molecule has 1 amide bonds. The van der Waals surface area contributed by atoms with Gasteiger partial charge in [-0.3, -0.25) is 14.4 Å². The van der Waals surface area contributed by atoms with Crippen LogP contribution >= 0.6 is 0 Å². The van der Waals surface area contributed by atoms with Gasteiger partial charge < -0.3 is 0 Å². The lowest BCUT2D eigenvalue weighted by Gasteiger charge is -2.25. The molecule has 110 valence electrons. The molecule has 0 bridgehead atoms. The number of aromatic nitrogens is 4. The van der Waals surface area contributed by atoms with Crippen molar-refractivity contribution in [3.05, 3.63) is 35.5 Å². The predicted octanol–water partition coefficient (Wildman–Crippen LogP) is 1.12. The zero-order chi connectivity index (χ0) is 15.0. The molecule has 0 radical (unpaired) electrons. The van der Waals surface area contributed by atoms with E-state index < -0.39 is 5.82 Å². The lowest BCUT2D eigenvalue weighted by Crippen LogP contribution is -2.37. The summed E-state index contributed by atoms with van der Waals surface area (Å²) in [5.41, 5.74) is 1.93. The number of amides is 1. The van der Waals surface area contributed by atoms with Crippen LogP contribution in [0, 0.1) is 11.7 Å². The molecule has 0 aromatic carbocycles. The molecule has 0 fully saturated rings. The Bertz CT molecular complexity index is 684. The molecule has 1 aliphatic rings. The topological polar surface area (TPSA) is 63.9 Å². The smallest absolute Gasteiger partial charge is 0.231 e. The van der Waals surface area contributed by atoms with Crippen molar-refractivity contribution >= 4 is 11.7 Å². The maximum atomic E-state index is 13.7. The fourth-order valence-corrected chi connectivity index (χ4v) is 2.72. The molecular formula is C14H16FN5O. The molecule has 0 saturated heterocycles. The van der Waals surface area contributed by atoms with E-state index in [2.05, 4.69) is 15.3 Å². The third kappa shape index (κ3) is 2.39. The molecule has 1 unspecified atom stereocenters. The van der Waals surface area contributed by atoms with Crippen LogP contribution < -0.4 is 4.90 Å². The molecule has 0 saturated carbocycles. The fourth-order valence-electron chi connectivity index (χ4n) is 2.72. The predicted molar refractivity (Wildman–Crippen MR) is 74.1 cm³/mol. The highest BCUT2D eigenvalue weighted by Gasteiger charge is 2.31. The van der Waals surface area contributed by atoms with Gasteiger partial charge in [-0.2, -0.15) is 0 Å². The van der Waals surface area contributed by atoms with E-state index in [0.29, 0.717) is 12.8 Å². The number of anilines is 1. The molecule has 1 aliphatic carbocycles. The molecule has 2 aromatic heterocycles. The van der Waals surface area contributed by atoms with Crippen molar-refractivity contribution in [3.63, 3.8) is 0 Å².